The Bertz CT molecular complexity index is 306. The smallest absolute Gasteiger partial charge is 0.248 e. The topological polar surface area (TPSA) is 46.6 Å². The molecule has 2 atom stereocenters. The number of likely N-dealkylation sites (tertiary alicyclic amines) is 1. The molecule has 1 amide bonds. The minimum Gasteiger partial charge on any atom is -0.368 e. The van der Waals surface area contributed by atoms with Gasteiger partial charge in [-0.25, -0.2) is 0 Å². The molecule has 1 saturated heterocycles. The first-order valence-electron chi connectivity index (χ1n) is 7.08. The van der Waals surface area contributed by atoms with E-state index in [-0.39, 0.29) is 24.4 Å². The standard InChI is InChI=1S/C14H23NO3/c1-11-4-2-3-5-13(11)18-10-14(17)15-8-6-12(16)7-9-15/h11,13H,2-10H2,1H3. The molecular formula is C14H23NO3. The number of hydrogen-bond donors (Lipinski definition) is 0. The van der Waals surface area contributed by atoms with Gasteiger partial charge in [0.2, 0.25) is 5.91 Å². The molecule has 18 heavy (non-hydrogen) atoms. The van der Waals surface area contributed by atoms with Gasteiger partial charge in [0.1, 0.15) is 12.4 Å². The molecule has 1 saturated carbocycles. The van der Waals surface area contributed by atoms with Gasteiger partial charge < -0.3 is 9.64 Å². The van der Waals surface area contributed by atoms with Gasteiger partial charge in [0.15, 0.2) is 0 Å². The minimum absolute atomic E-state index is 0.0419. The van der Waals surface area contributed by atoms with E-state index in [0.717, 1.165) is 6.42 Å². The molecular weight excluding hydrogens is 230 g/mol. The van der Waals surface area contributed by atoms with Crippen LogP contribution in [0.15, 0.2) is 0 Å². The van der Waals surface area contributed by atoms with Crippen molar-refractivity contribution in [3.8, 4) is 0 Å². The Hall–Kier alpha value is -0.900. The Labute approximate surface area is 109 Å². The second-order valence-corrected chi connectivity index (χ2v) is 5.53. The van der Waals surface area contributed by atoms with Crippen molar-refractivity contribution in [2.24, 2.45) is 5.92 Å². The summed E-state index contributed by atoms with van der Waals surface area (Å²) in [5.41, 5.74) is 0. The molecule has 1 aliphatic carbocycles. The van der Waals surface area contributed by atoms with Crippen LogP contribution in [-0.4, -0.2) is 42.4 Å². The molecule has 2 aliphatic rings. The summed E-state index contributed by atoms with van der Waals surface area (Å²) in [5, 5.41) is 0. The van der Waals surface area contributed by atoms with E-state index in [1.807, 2.05) is 0 Å². The van der Waals surface area contributed by atoms with E-state index in [9.17, 15) is 9.59 Å². The van der Waals surface area contributed by atoms with Crippen LogP contribution in [-0.2, 0) is 14.3 Å². The minimum atomic E-state index is 0.0419. The molecule has 4 nitrogen and oxygen atoms in total. The van der Waals surface area contributed by atoms with E-state index in [1.54, 1.807) is 4.90 Å². The third kappa shape index (κ3) is 3.55. The molecule has 102 valence electrons. The summed E-state index contributed by atoms with van der Waals surface area (Å²) >= 11 is 0. The van der Waals surface area contributed by atoms with E-state index in [0.29, 0.717) is 31.8 Å². The van der Waals surface area contributed by atoms with Gasteiger partial charge in [-0.15, -0.1) is 0 Å². The highest BCUT2D eigenvalue weighted by Gasteiger charge is 2.25. The Morgan fingerprint density at radius 3 is 2.61 bits per heavy atom. The molecule has 2 unspecified atom stereocenters. The monoisotopic (exact) mass is 253 g/mol. The van der Waals surface area contributed by atoms with Crippen LogP contribution in [0.5, 0.6) is 0 Å². The first kappa shape index (κ1) is 13.5. The van der Waals surface area contributed by atoms with Crippen molar-refractivity contribution >= 4 is 11.7 Å². The molecule has 0 N–H and O–H groups in total. The van der Waals surface area contributed by atoms with E-state index < -0.39 is 0 Å². The summed E-state index contributed by atoms with van der Waals surface area (Å²) in [4.78, 5) is 24.8. The summed E-state index contributed by atoms with van der Waals surface area (Å²) in [7, 11) is 0. The number of rotatable bonds is 3. The lowest BCUT2D eigenvalue weighted by molar-refractivity contribution is -0.142. The van der Waals surface area contributed by atoms with Gasteiger partial charge in [-0.1, -0.05) is 19.8 Å². The normalized spacial score (nSPS) is 29.4. The van der Waals surface area contributed by atoms with Gasteiger partial charge in [0.05, 0.1) is 6.10 Å². The predicted molar refractivity (Wildman–Crippen MR) is 68.2 cm³/mol. The Morgan fingerprint density at radius 1 is 1.28 bits per heavy atom. The van der Waals surface area contributed by atoms with E-state index in [2.05, 4.69) is 6.92 Å². The molecule has 0 aromatic heterocycles. The lowest BCUT2D eigenvalue weighted by atomic mass is 9.88. The summed E-state index contributed by atoms with van der Waals surface area (Å²) in [6.45, 7) is 3.53. The van der Waals surface area contributed by atoms with Gasteiger partial charge in [-0.3, -0.25) is 9.59 Å². The summed E-state index contributed by atoms with van der Waals surface area (Å²) in [5.74, 6) is 0.871. The number of amides is 1. The first-order valence-corrected chi connectivity index (χ1v) is 7.08. The maximum atomic E-state index is 11.9. The average molecular weight is 253 g/mol. The summed E-state index contributed by atoms with van der Waals surface area (Å²) in [6.07, 6.45) is 6.03. The van der Waals surface area contributed by atoms with Crippen LogP contribution in [0.1, 0.15) is 45.4 Å². The number of carbonyl (C=O) groups excluding carboxylic acids is 2. The quantitative estimate of drug-likeness (QED) is 0.770. The van der Waals surface area contributed by atoms with Crippen molar-refractivity contribution in [2.75, 3.05) is 19.7 Å². The highest BCUT2D eigenvalue weighted by molar-refractivity contribution is 5.83. The Balaban J connectivity index is 1.72. The highest BCUT2D eigenvalue weighted by atomic mass is 16.5. The highest BCUT2D eigenvalue weighted by Crippen LogP contribution is 2.26. The molecule has 1 heterocycles. The van der Waals surface area contributed by atoms with Crippen LogP contribution < -0.4 is 0 Å². The van der Waals surface area contributed by atoms with Crippen LogP contribution in [0.25, 0.3) is 0 Å². The van der Waals surface area contributed by atoms with E-state index in [4.69, 9.17) is 4.74 Å². The number of Topliss-reactive ketones (excluding diaryl/α,β-unsaturated/α-hetero) is 1. The van der Waals surface area contributed by atoms with Gasteiger partial charge in [-0.05, 0) is 18.8 Å². The first-order chi connectivity index (χ1) is 8.66. The fraction of sp³-hybridized carbons (Fsp3) is 0.857. The lowest BCUT2D eigenvalue weighted by Gasteiger charge is -2.30. The van der Waals surface area contributed by atoms with Crippen LogP contribution in [0.4, 0.5) is 0 Å². The van der Waals surface area contributed by atoms with Crippen LogP contribution >= 0.6 is 0 Å². The maximum Gasteiger partial charge on any atom is 0.248 e. The molecule has 1 aliphatic heterocycles. The van der Waals surface area contributed by atoms with Crippen molar-refractivity contribution in [1.82, 2.24) is 4.90 Å². The fourth-order valence-corrected chi connectivity index (χ4v) is 2.80. The van der Waals surface area contributed by atoms with Gasteiger partial charge in [0.25, 0.3) is 0 Å². The van der Waals surface area contributed by atoms with Crippen molar-refractivity contribution in [3.63, 3.8) is 0 Å². The molecule has 0 spiro atoms. The molecule has 4 heteroatoms. The largest absolute Gasteiger partial charge is 0.368 e. The fourth-order valence-electron chi connectivity index (χ4n) is 2.80. The number of carbonyl (C=O) groups is 2. The molecule has 2 rings (SSSR count). The third-order valence-corrected chi connectivity index (χ3v) is 4.13. The lowest BCUT2D eigenvalue weighted by Crippen LogP contribution is -2.41. The van der Waals surface area contributed by atoms with Crippen molar-refractivity contribution in [2.45, 2.75) is 51.6 Å². The van der Waals surface area contributed by atoms with E-state index >= 15 is 0 Å². The molecule has 0 bridgehead atoms. The Morgan fingerprint density at radius 2 is 1.94 bits per heavy atom. The zero-order valence-electron chi connectivity index (χ0n) is 11.2. The second kappa shape index (κ2) is 6.32. The molecule has 0 aromatic carbocycles. The number of hydrogen-bond acceptors (Lipinski definition) is 3. The van der Waals surface area contributed by atoms with Crippen molar-refractivity contribution in [1.29, 1.82) is 0 Å². The number of ether oxygens (including phenoxy) is 1. The van der Waals surface area contributed by atoms with Crippen molar-refractivity contribution < 1.29 is 14.3 Å². The van der Waals surface area contributed by atoms with Crippen LogP contribution in [0, 0.1) is 5.92 Å². The summed E-state index contributed by atoms with van der Waals surface area (Å²) in [6, 6.07) is 0. The Kier molecular flexibility index (Phi) is 4.75. The van der Waals surface area contributed by atoms with Gasteiger partial charge in [0, 0.05) is 25.9 Å². The molecule has 2 fully saturated rings. The zero-order valence-corrected chi connectivity index (χ0v) is 11.2. The van der Waals surface area contributed by atoms with Gasteiger partial charge in [-0.2, -0.15) is 0 Å². The summed E-state index contributed by atoms with van der Waals surface area (Å²) < 4.78 is 5.76. The van der Waals surface area contributed by atoms with E-state index in [1.165, 1.54) is 19.3 Å². The third-order valence-electron chi connectivity index (χ3n) is 4.13. The van der Waals surface area contributed by atoms with Crippen LogP contribution in [0.2, 0.25) is 0 Å². The van der Waals surface area contributed by atoms with Crippen LogP contribution in [0.3, 0.4) is 0 Å². The number of ketones is 1. The zero-order chi connectivity index (χ0) is 13.0. The molecule has 0 aromatic rings. The predicted octanol–water partition coefficient (Wildman–Crippen LogP) is 1.77. The van der Waals surface area contributed by atoms with Gasteiger partial charge >= 0.3 is 0 Å². The van der Waals surface area contributed by atoms with Crippen molar-refractivity contribution in [3.05, 3.63) is 0 Å². The second-order valence-electron chi connectivity index (χ2n) is 5.53. The number of piperidine rings is 1. The number of nitrogens with zero attached hydrogens (tertiary/aromatic N) is 1. The molecule has 0 radical (unpaired) electrons. The maximum absolute atomic E-state index is 11.9. The SMILES string of the molecule is CC1CCCCC1OCC(=O)N1CCC(=O)CC1. The average Bonchev–Trinajstić information content (AvgIpc) is 2.38.